The molecule has 2 N–H and O–H groups in total. The fourth-order valence-corrected chi connectivity index (χ4v) is 4.03. The Morgan fingerprint density at radius 1 is 0.973 bits per heavy atom. The Kier molecular flexibility index (Phi) is 6.54. The van der Waals surface area contributed by atoms with Gasteiger partial charge in [0.05, 0.1) is 29.9 Å². The minimum Gasteiger partial charge on any atom is -0.497 e. The first kappa shape index (κ1) is 24.0. The normalized spacial score (nSPS) is 11.4. The van der Waals surface area contributed by atoms with Crippen LogP contribution in [0.5, 0.6) is 5.75 Å². The van der Waals surface area contributed by atoms with Crippen LogP contribution in [0.1, 0.15) is 10.4 Å². The second-order valence-electron chi connectivity index (χ2n) is 7.94. The third kappa shape index (κ3) is 4.60. The number of thiocarbonyl (C=S) groups is 1. The molecular formula is C26H20N6O4S. The first-order valence-electron chi connectivity index (χ1n) is 11.2. The molecule has 11 heteroatoms. The molecule has 0 atom stereocenters. The summed E-state index contributed by atoms with van der Waals surface area (Å²) in [4.78, 5) is 48.6. The number of nitrogens with one attached hydrogen (secondary N) is 2. The van der Waals surface area contributed by atoms with E-state index in [1.165, 1.54) is 0 Å². The zero-order valence-electron chi connectivity index (χ0n) is 19.5. The molecule has 0 aliphatic heterocycles. The molecule has 0 amide bonds. The number of benzene rings is 3. The van der Waals surface area contributed by atoms with Gasteiger partial charge < -0.3 is 4.74 Å². The number of hydrogen-bond acceptors (Lipinski definition) is 7. The van der Waals surface area contributed by atoms with Crippen molar-refractivity contribution in [2.24, 2.45) is 4.99 Å². The molecule has 10 nitrogen and oxygen atoms in total. The number of carbonyl (C=O) groups is 1. The summed E-state index contributed by atoms with van der Waals surface area (Å²) in [6.45, 7) is -0.356. The van der Waals surface area contributed by atoms with Crippen LogP contribution < -0.4 is 26.7 Å². The van der Waals surface area contributed by atoms with Crippen LogP contribution >= 0.6 is 12.2 Å². The molecule has 0 radical (unpaired) electrons. The van der Waals surface area contributed by atoms with Crippen LogP contribution in [0.15, 0.2) is 87.4 Å². The zero-order valence-corrected chi connectivity index (χ0v) is 20.4. The molecule has 0 spiro atoms. The molecule has 5 rings (SSSR count). The van der Waals surface area contributed by atoms with E-state index < -0.39 is 17.0 Å². The van der Waals surface area contributed by atoms with Gasteiger partial charge in [-0.1, -0.05) is 30.3 Å². The Hall–Kier alpha value is -4.74. The first-order chi connectivity index (χ1) is 18.0. The Labute approximate surface area is 214 Å². The van der Waals surface area contributed by atoms with E-state index in [0.29, 0.717) is 10.9 Å². The van der Waals surface area contributed by atoms with Crippen molar-refractivity contribution in [2.75, 3.05) is 13.7 Å². The molecule has 2 aromatic heterocycles. The van der Waals surface area contributed by atoms with Crippen molar-refractivity contribution in [1.29, 1.82) is 0 Å². The van der Waals surface area contributed by atoms with Gasteiger partial charge in [-0.2, -0.15) is 9.20 Å². The number of hydrazine groups is 1. The van der Waals surface area contributed by atoms with E-state index in [2.05, 4.69) is 20.8 Å². The fourth-order valence-electron chi connectivity index (χ4n) is 3.90. The monoisotopic (exact) mass is 512 g/mol. The minimum atomic E-state index is -0.686. The Morgan fingerprint density at radius 2 is 1.65 bits per heavy atom. The highest BCUT2D eigenvalue weighted by Crippen LogP contribution is 2.17. The van der Waals surface area contributed by atoms with E-state index in [-0.39, 0.29) is 28.1 Å². The van der Waals surface area contributed by atoms with Gasteiger partial charge in [-0.05, 0) is 60.2 Å². The van der Waals surface area contributed by atoms with Crippen LogP contribution in [0.25, 0.3) is 27.3 Å². The summed E-state index contributed by atoms with van der Waals surface area (Å²) >= 11 is 5.17. The molecule has 0 unspecified atom stereocenters. The smallest absolute Gasteiger partial charge is 0.281 e. The maximum atomic E-state index is 13.4. The van der Waals surface area contributed by atoms with E-state index in [1.54, 1.807) is 74.0 Å². The van der Waals surface area contributed by atoms with E-state index >= 15 is 0 Å². The number of ether oxygens (including phenoxy) is 1. The summed E-state index contributed by atoms with van der Waals surface area (Å²) in [6, 6.07) is 20.7. The van der Waals surface area contributed by atoms with Crippen LogP contribution in [0, 0.1) is 0 Å². The summed E-state index contributed by atoms with van der Waals surface area (Å²) in [6.07, 6.45) is 1.55. The molecule has 5 aromatic rings. The first-order valence-corrected chi connectivity index (χ1v) is 11.6. The fraction of sp³-hybridized carbons (Fsp3) is 0.0769. The van der Waals surface area contributed by atoms with Crippen LogP contribution in [0.2, 0.25) is 0 Å². The molecule has 0 bridgehead atoms. The Bertz CT molecular complexity index is 1830. The lowest BCUT2D eigenvalue weighted by atomic mass is 10.2. The van der Waals surface area contributed by atoms with E-state index in [0.717, 1.165) is 20.5 Å². The number of carbonyl (C=O) groups excluding carboxylic acids is 1. The Balaban J connectivity index is 1.43. The number of para-hydroxylation sites is 1. The molecule has 37 heavy (non-hydrogen) atoms. The van der Waals surface area contributed by atoms with Gasteiger partial charge in [-0.25, -0.2) is 15.4 Å². The van der Waals surface area contributed by atoms with Gasteiger partial charge in [-0.3, -0.25) is 19.8 Å². The molecule has 0 fully saturated rings. The molecule has 0 saturated carbocycles. The number of aliphatic imine (C=N–C) groups is 1. The molecule has 0 aliphatic carbocycles. The van der Waals surface area contributed by atoms with Gasteiger partial charge in [0.15, 0.2) is 5.65 Å². The number of rotatable bonds is 5. The lowest BCUT2D eigenvalue weighted by Gasteiger charge is -2.14. The van der Waals surface area contributed by atoms with Crippen LogP contribution in [0.4, 0.5) is 0 Å². The highest BCUT2D eigenvalue weighted by Gasteiger charge is 2.19. The maximum Gasteiger partial charge on any atom is 0.281 e. The van der Waals surface area contributed by atoms with Crippen molar-refractivity contribution in [3.05, 3.63) is 99.1 Å². The average Bonchev–Trinajstić information content (AvgIpc) is 2.93. The zero-order chi connectivity index (χ0) is 25.9. The number of aromatic nitrogens is 3. The van der Waals surface area contributed by atoms with Crippen molar-refractivity contribution >= 4 is 56.8 Å². The van der Waals surface area contributed by atoms with Gasteiger partial charge in [0.2, 0.25) is 5.11 Å². The second-order valence-corrected chi connectivity index (χ2v) is 8.33. The third-order valence-corrected chi connectivity index (χ3v) is 5.87. The summed E-state index contributed by atoms with van der Waals surface area (Å²) in [7, 11) is 1.58. The molecule has 0 saturated heterocycles. The highest BCUT2D eigenvalue weighted by molar-refractivity contribution is 7.80. The number of nitrogens with zero attached hydrogens (tertiary/aromatic N) is 4. The SMILES string of the molecule is COc1ccc(/C=N/C(=S)NNCC(=O)n2c(=O)c3ccccc3c3nc4ccccc4c(=O)n32)cc1. The van der Waals surface area contributed by atoms with Crippen molar-refractivity contribution in [3.63, 3.8) is 0 Å². The lowest BCUT2D eigenvalue weighted by Crippen LogP contribution is -2.45. The van der Waals surface area contributed by atoms with Crippen LogP contribution in [-0.2, 0) is 0 Å². The standard InChI is InChI=1S/C26H20N6O4S/c1-36-17-12-10-16(11-13-17)14-27-26(37)30-28-15-22(33)31-24(34)19-7-3-2-6-18(19)23-29-21-9-5-4-8-20(21)25(35)32(23)31/h2-14,28H,15H2,1H3,(H,30,37)/b27-14+. The van der Waals surface area contributed by atoms with Crippen LogP contribution in [-0.4, -0.2) is 45.1 Å². The predicted octanol–water partition coefficient (Wildman–Crippen LogP) is 2.31. The molecule has 0 aliphatic rings. The van der Waals surface area contributed by atoms with E-state index in [1.807, 2.05) is 12.1 Å². The highest BCUT2D eigenvalue weighted by atomic mass is 32.1. The summed E-state index contributed by atoms with van der Waals surface area (Å²) in [5.74, 6) is 0.0335. The van der Waals surface area contributed by atoms with E-state index in [9.17, 15) is 14.4 Å². The van der Waals surface area contributed by atoms with Gasteiger partial charge in [0, 0.05) is 11.6 Å². The van der Waals surface area contributed by atoms with E-state index in [4.69, 9.17) is 17.0 Å². The molecule has 3 aromatic carbocycles. The maximum absolute atomic E-state index is 13.4. The molecule has 2 heterocycles. The Morgan fingerprint density at radius 3 is 2.38 bits per heavy atom. The largest absolute Gasteiger partial charge is 0.497 e. The topological polar surface area (TPSA) is 119 Å². The number of hydrogen-bond donors (Lipinski definition) is 2. The van der Waals surface area contributed by atoms with Gasteiger partial charge >= 0.3 is 0 Å². The number of methoxy groups -OCH3 is 1. The van der Waals surface area contributed by atoms with Gasteiger partial charge in [0.25, 0.3) is 17.0 Å². The van der Waals surface area contributed by atoms with Gasteiger partial charge in [0.1, 0.15) is 5.75 Å². The van der Waals surface area contributed by atoms with Crippen molar-refractivity contribution < 1.29 is 9.53 Å². The lowest BCUT2D eigenvalue weighted by molar-refractivity contribution is 0.0882. The second kappa shape index (κ2) is 10.1. The summed E-state index contributed by atoms with van der Waals surface area (Å²) in [5.41, 5.74) is 5.63. The van der Waals surface area contributed by atoms with Crippen molar-refractivity contribution in [1.82, 2.24) is 25.0 Å². The summed E-state index contributed by atoms with van der Waals surface area (Å²) in [5, 5.41) is 1.10. The van der Waals surface area contributed by atoms with Gasteiger partial charge in [-0.15, -0.1) is 0 Å². The van der Waals surface area contributed by atoms with Crippen LogP contribution in [0.3, 0.4) is 0 Å². The predicted molar refractivity (Wildman–Crippen MR) is 146 cm³/mol. The minimum absolute atomic E-state index is 0.0733. The number of fused-ring (bicyclic) bond motifs is 4. The van der Waals surface area contributed by atoms with Crippen molar-refractivity contribution in [3.8, 4) is 5.75 Å². The molecular weight excluding hydrogens is 492 g/mol. The quantitative estimate of drug-likeness (QED) is 0.121. The third-order valence-electron chi connectivity index (χ3n) is 5.66. The molecule has 184 valence electrons. The van der Waals surface area contributed by atoms with Crippen molar-refractivity contribution in [2.45, 2.75) is 0 Å². The summed E-state index contributed by atoms with van der Waals surface area (Å²) < 4.78 is 6.95. The average molecular weight is 513 g/mol.